The molecule has 10 aromatic carbocycles. The number of benzene rings is 10. The largest absolute Gasteiger partial charge is 0.455 e. The number of rotatable bonds is 6. The minimum absolute atomic E-state index is 0.884. The molecule has 262 valence electrons. The molecule has 0 radical (unpaired) electrons. The van der Waals surface area contributed by atoms with E-state index in [0.717, 1.165) is 61.6 Å². The van der Waals surface area contributed by atoms with Gasteiger partial charge in [-0.15, -0.1) is 0 Å². The van der Waals surface area contributed by atoms with Gasteiger partial charge in [-0.05, 0) is 96.9 Å². The van der Waals surface area contributed by atoms with Crippen molar-refractivity contribution in [2.75, 3.05) is 4.90 Å². The van der Waals surface area contributed by atoms with Crippen LogP contribution in [0.5, 0.6) is 0 Å². The van der Waals surface area contributed by atoms with E-state index >= 15 is 0 Å². The Morgan fingerprint density at radius 2 is 0.875 bits per heavy atom. The summed E-state index contributed by atoms with van der Waals surface area (Å²) in [7, 11) is 0. The Kier molecular flexibility index (Phi) is 7.53. The van der Waals surface area contributed by atoms with E-state index in [1.807, 2.05) is 6.07 Å². The predicted octanol–water partition coefficient (Wildman–Crippen LogP) is 15.5. The highest BCUT2D eigenvalue weighted by atomic mass is 16.3. The molecule has 0 fully saturated rings. The van der Waals surface area contributed by atoms with Crippen molar-refractivity contribution in [1.82, 2.24) is 0 Å². The molecule has 2 nitrogen and oxygen atoms in total. The number of furan rings is 1. The molecule has 2 heteroatoms. The molecule has 0 N–H and O–H groups in total. The van der Waals surface area contributed by atoms with Crippen molar-refractivity contribution >= 4 is 71.1 Å². The Bertz CT molecular complexity index is 3250. The van der Waals surface area contributed by atoms with Crippen molar-refractivity contribution in [2.24, 2.45) is 0 Å². The summed E-state index contributed by atoms with van der Waals surface area (Å²) in [6, 6.07) is 76.4. The minimum atomic E-state index is 0.884. The molecule has 0 amide bonds. The highest BCUT2D eigenvalue weighted by Gasteiger charge is 2.20. The molecule has 0 atom stereocenters. The highest BCUT2D eigenvalue weighted by molar-refractivity contribution is 6.15. The summed E-state index contributed by atoms with van der Waals surface area (Å²) in [6.45, 7) is 0. The van der Waals surface area contributed by atoms with E-state index in [9.17, 15) is 0 Å². The van der Waals surface area contributed by atoms with Crippen molar-refractivity contribution in [3.63, 3.8) is 0 Å². The lowest BCUT2D eigenvalue weighted by Gasteiger charge is -2.28. The zero-order valence-electron chi connectivity index (χ0n) is 30.6. The van der Waals surface area contributed by atoms with Crippen LogP contribution in [0.25, 0.3) is 87.6 Å². The maximum Gasteiger partial charge on any atom is 0.143 e. The fourth-order valence-corrected chi connectivity index (χ4v) is 8.57. The zero-order valence-corrected chi connectivity index (χ0v) is 30.6. The monoisotopic (exact) mass is 713 g/mol. The van der Waals surface area contributed by atoms with E-state index in [1.165, 1.54) is 43.1 Å². The van der Waals surface area contributed by atoms with Gasteiger partial charge in [-0.25, -0.2) is 0 Å². The van der Waals surface area contributed by atoms with Gasteiger partial charge < -0.3 is 9.32 Å². The average molecular weight is 714 g/mol. The summed E-state index contributed by atoms with van der Waals surface area (Å²) in [5, 5.41) is 11.0. The lowest BCUT2D eigenvalue weighted by atomic mass is 9.96. The lowest BCUT2D eigenvalue weighted by molar-refractivity contribution is 0.632. The van der Waals surface area contributed by atoms with Crippen LogP contribution < -0.4 is 4.90 Å². The fourth-order valence-electron chi connectivity index (χ4n) is 8.57. The van der Waals surface area contributed by atoms with Gasteiger partial charge in [-0.2, -0.15) is 0 Å². The van der Waals surface area contributed by atoms with Crippen molar-refractivity contribution in [1.29, 1.82) is 0 Å². The first-order chi connectivity index (χ1) is 27.8. The lowest BCUT2D eigenvalue weighted by Crippen LogP contribution is -2.10. The molecule has 56 heavy (non-hydrogen) atoms. The Hall–Kier alpha value is -7.42. The number of fused-ring (bicyclic) bond motifs is 7. The standard InChI is InChI=1S/C54H35NO/c1-2-14-38(15-3-1)53-50-23-10-11-24-52(50)56-54(53)42-18-12-17-39(33-42)36-27-29-43(30-28-36)55(44-31-32-47-41(34-44)26-25-37-13-4-6-19-45(37)47)51-35-40-16-5-7-20-46(40)48-21-8-9-22-49(48)51/h1-35H. The third-order valence-electron chi connectivity index (χ3n) is 11.2. The summed E-state index contributed by atoms with van der Waals surface area (Å²) in [4.78, 5) is 2.42. The molecule has 11 rings (SSSR count). The molecule has 0 bridgehead atoms. The summed E-state index contributed by atoms with van der Waals surface area (Å²) in [6.07, 6.45) is 0. The van der Waals surface area contributed by atoms with Gasteiger partial charge in [0.2, 0.25) is 0 Å². The first kappa shape index (κ1) is 32.0. The topological polar surface area (TPSA) is 16.4 Å². The normalized spacial score (nSPS) is 11.6. The number of para-hydroxylation sites is 1. The number of anilines is 3. The second kappa shape index (κ2) is 13.2. The predicted molar refractivity (Wildman–Crippen MR) is 237 cm³/mol. The van der Waals surface area contributed by atoms with Crippen LogP contribution in [0.1, 0.15) is 0 Å². The van der Waals surface area contributed by atoms with E-state index in [-0.39, 0.29) is 0 Å². The first-order valence-electron chi connectivity index (χ1n) is 19.2. The summed E-state index contributed by atoms with van der Waals surface area (Å²) in [5.74, 6) is 0.884. The van der Waals surface area contributed by atoms with Crippen molar-refractivity contribution in [3.8, 4) is 33.6 Å². The molecule has 1 heterocycles. The molecule has 11 aromatic rings. The molecule has 0 aliphatic heterocycles. The summed E-state index contributed by atoms with van der Waals surface area (Å²) in [5.41, 5.74) is 9.83. The van der Waals surface area contributed by atoms with E-state index in [2.05, 4.69) is 211 Å². The van der Waals surface area contributed by atoms with Gasteiger partial charge in [0.1, 0.15) is 11.3 Å². The molecular formula is C54H35NO. The quantitative estimate of drug-likeness (QED) is 0.160. The molecule has 0 aliphatic rings. The molecule has 0 saturated heterocycles. The number of hydrogen-bond acceptors (Lipinski definition) is 2. The molecule has 0 aliphatic carbocycles. The van der Waals surface area contributed by atoms with E-state index < -0.39 is 0 Å². The highest BCUT2D eigenvalue weighted by Crippen LogP contribution is 2.45. The van der Waals surface area contributed by atoms with Crippen LogP contribution >= 0.6 is 0 Å². The van der Waals surface area contributed by atoms with Crippen LogP contribution in [-0.2, 0) is 0 Å². The van der Waals surface area contributed by atoms with Crippen molar-refractivity contribution in [3.05, 3.63) is 212 Å². The number of hydrogen-bond donors (Lipinski definition) is 0. The fraction of sp³-hybridized carbons (Fsp3) is 0. The smallest absolute Gasteiger partial charge is 0.143 e. The third-order valence-corrected chi connectivity index (χ3v) is 11.2. The Labute approximate surface area is 325 Å². The van der Waals surface area contributed by atoms with Crippen LogP contribution in [0, 0.1) is 0 Å². The molecular weight excluding hydrogens is 679 g/mol. The van der Waals surface area contributed by atoms with Gasteiger partial charge in [0.25, 0.3) is 0 Å². The van der Waals surface area contributed by atoms with Gasteiger partial charge >= 0.3 is 0 Å². The van der Waals surface area contributed by atoms with Crippen LogP contribution in [0.3, 0.4) is 0 Å². The van der Waals surface area contributed by atoms with E-state index in [1.54, 1.807) is 0 Å². The van der Waals surface area contributed by atoms with Crippen LogP contribution in [0.4, 0.5) is 17.1 Å². The minimum Gasteiger partial charge on any atom is -0.455 e. The van der Waals surface area contributed by atoms with Gasteiger partial charge in [0, 0.05) is 33.3 Å². The maximum absolute atomic E-state index is 6.59. The Morgan fingerprint density at radius 1 is 0.304 bits per heavy atom. The molecule has 0 spiro atoms. The van der Waals surface area contributed by atoms with Crippen molar-refractivity contribution in [2.45, 2.75) is 0 Å². The SMILES string of the molecule is c1ccc(-c2c(-c3cccc(-c4ccc(N(c5ccc6c(ccc7ccccc76)c5)c5cc6ccccc6c6ccccc56)cc4)c3)oc3ccccc23)cc1. The summed E-state index contributed by atoms with van der Waals surface area (Å²) < 4.78 is 6.59. The second-order valence-electron chi connectivity index (χ2n) is 14.5. The Morgan fingerprint density at radius 3 is 1.70 bits per heavy atom. The van der Waals surface area contributed by atoms with Crippen LogP contribution in [0.2, 0.25) is 0 Å². The first-order valence-corrected chi connectivity index (χ1v) is 19.2. The third kappa shape index (κ3) is 5.34. The van der Waals surface area contributed by atoms with E-state index in [0.29, 0.717) is 0 Å². The van der Waals surface area contributed by atoms with Gasteiger partial charge in [0.05, 0.1) is 5.69 Å². The number of nitrogens with zero attached hydrogens (tertiary/aromatic N) is 1. The average Bonchev–Trinajstić information content (AvgIpc) is 3.67. The second-order valence-corrected chi connectivity index (χ2v) is 14.5. The van der Waals surface area contributed by atoms with Crippen LogP contribution in [-0.4, -0.2) is 0 Å². The van der Waals surface area contributed by atoms with Crippen LogP contribution in [0.15, 0.2) is 217 Å². The summed E-state index contributed by atoms with van der Waals surface area (Å²) >= 11 is 0. The van der Waals surface area contributed by atoms with E-state index in [4.69, 9.17) is 4.42 Å². The molecule has 1 aromatic heterocycles. The molecule has 0 unspecified atom stereocenters. The van der Waals surface area contributed by atoms with Crippen molar-refractivity contribution < 1.29 is 4.42 Å². The van der Waals surface area contributed by atoms with Gasteiger partial charge in [-0.3, -0.25) is 0 Å². The van der Waals surface area contributed by atoms with Gasteiger partial charge in [0.15, 0.2) is 0 Å². The maximum atomic E-state index is 6.59. The Balaban J connectivity index is 1.05. The van der Waals surface area contributed by atoms with Gasteiger partial charge in [-0.1, -0.05) is 170 Å². The zero-order chi connectivity index (χ0) is 37.0. The molecule has 0 saturated carbocycles.